The average Bonchev–Trinajstić information content (AvgIpc) is 2.73. The maximum Gasteiger partial charge on any atom is 1.00 e. The average molecular weight is 581 g/mol. The molecule has 0 spiro atoms. The van der Waals surface area contributed by atoms with E-state index in [1.54, 1.807) is 0 Å². The smallest absolute Gasteiger partial charge is 0.756 e. The minimum absolute atomic E-state index is 0. The van der Waals surface area contributed by atoms with Crippen LogP contribution < -0.4 is 62.0 Å². The molecule has 4 rings (SSSR count). The molecule has 0 unspecified atom stereocenters. The van der Waals surface area contributed by atoms with Crippen molar-refractivity contribution >= 4 is 31.1 Å². The van der Waals surface area contributed by atoms with E-state index in [0.29, 0.717) is 0 Å². The molecule has 9 N–H and O–H groups in total. The number of phenols is 1. The Morgan fingerprint density at radius 2 is 1.68 bits per heavy atom. The molecule has 1 fully saturated rings. The predicted molar refractivity (Wildman–Crippen MR) is 122 cm³/mol. The molecule has 3 aliphatic carbocycles. The predicted octanol–water partition coefficient (Wildman–Crippen LogP) is -4.93. The Hall–Kier alpha value is -1.46. The van der Waals surface area contributed by atoms with E-state index in [1.807, 2.05) is 0 Å². The van der Waals surface area contributed by atoms with Crippen LogP contribution in [-0.2, 0) is 24.5 Å². The molecule has 1 aromatic rings. The molecule has 0 aliphatic heterocycles. The van der Waals surface area contributed by atoms with Gasteiger partial charge in [-0.2, -0.15) is 0 Å². The summed E-state index contributed by atoms with van der Waals surface area (Å²) in [5.41, 5.74) is -0.548. The first-order valence-electron chi connectivity index (χ1n) is 10.7. The van der Waals surface area contributed by atoms with E-state index in [4.69, 9.17) is 25.0 Å². The number of phosphoric acid groups is 1. The van der Waals surface area contributed by atoms with Crippen LogP contribution in [0.4, 0.5) is 0 Å². The first-order chi connectivity index (χ1) is 16.8. The fraction of sp³-hybridized carbons (Fsp3) is 0.409. The summed E-state index contributed by atoms with van der Waals surface area (Å²) in [4.78, 5) is 62.9. The standard InChI is InChI=1S/C22H24N2O8.K.H3O4P/c1-21(31)8-5-4-6-11(25)12(8)16(26)13-9(21)7-10-15(24(2)3)17(27)14(20(23)30)19(29)22(10,32)18(13)28;;1-5(2,3)4/h4-6,9-10,15,25-26,29,31-32H,7H2,1-3H3,(H2,23,30);;(H3,1,2,3,4)/q;+1;/p-1/t9-,10-,15-,21+,22-;;/m0../s1. The Morgan fingerprint density at radius 1 is 1.16 bits per heavy atom. The molecule has 14 nitrogen and oxygen atoms in total. The van der Waals surface area contributed by atoms with E-state index in [1.165, 1.54) is 44.1 Å². The number of fused-ring (bicyclic) bond motifs is 3. The summed E-state index contributed by atoms with van der Waals surface area (Å²) in [5, 5.41) is 54.9. The van der Waals surface area contributed by atoms with E-state index in [9.17, 15) is 39.9 Å². The number of carbonyl (C=O) groups is 3. The SMILES string of the molecule is CN(C)[C@@H]1C(=O)C(C(N)=O)=C(O)[C@@]2(O)C(=O)C3=C(O)c4c(O)cccc4[C@@](C)(O)[C@H]3C[C@@H]12.O=P([O-])(O)O.[K+]. The molecular weight excluding hydrogens is 554 g/mol. The van der Waals surface area contributed by atoms with Crippen molar-refractivity contribution in [2.24, 2.45) is 17.6 Å². The molecule has 0 radical (unpaired) electrons. The first kappa shape index (κ1) is 32.7. The third kappa shape index (κ3) is 5.19. The molecule has 0 aromatic heterocycles. The van der Waals surface area contributed by atoms with Crippen molar-refractivity contribution in [1.82, 2.24) is 4.90 Å². The fourth-order valence-corrected chi connectivity index (χ4v) is 5.50. The van der Waals surface area contributed by atoms with Crippen LogP contribution in [0, 0.1) is 11.8 Å². The van der Waals surface area contributed by atoms with Crippen molar-refractivity contribution in [3.05, 3.63) is 46.2 Å². The van der Waals surface area contributed by atoms with Gasteiger partial charge >= 0.3 is 51.4 Å². The second-order valence-electron chi connectivity index (χ2n) is 9.45. The minimum Gasteiger partial charge on any atom is -0.756 e. The van der Waals surface area contributed by atoms with E-state index < -0.39 is 82.8 Å². The maximum absolute atomic E-state index is 13.7. The van der Waals surface area contributed by atoms with Crippen molar-refractivity contribution in [2.75, 3.05) is 14.1 Å². The largest absolute Gasteiger partial charge is 1.00 e. The number of nitrogens with zero attached hydrogens (tertiary/aromatic N) is 1. The zero-order valence-corrected chi connectivity index (χ0v) is 24.8. The number of amides is 1. The van der Waals surface area contributed by atoms with Crippen molar-refractivity contribution in [2.45, 2.75) is 30.6 Å². The van der Waals surface area contributed by atoms with Gasteiger partial charge in [0.25, 0.3) is 13.7 Å². The Balaban J connectivity index is 0.000000774. The van der Waals surface area contributed by atoms with Gasteiger partial charge in [0.2, 0.25) is 5.78 Å². The van der Waals surface area contributed by atoms with Crippen LogP contribution in [0.15, 0.2) is 35.1 Å². The number of phenolic OH excluding ortho intramolecular Hbond substituents is 1. The fourth-order valence-electron chi connectivity index (χ4n) is 5.50. The number of aromatic hydroxyl groups is 1. The molecule has 1 amide bonds. The summed E-state index contributed by atoms with van der Waals surface area (Å²) in [6.07, 6.45) is -0.200. The zero-order chi connectivity index (χ0) is 28.4. The maximum atomic E-state index is 13.7. The first-order valence-corrected chi connectivity index (χ1v) is 12.3. The molecule has 1 saturated carbocycles. The van der Waals surface area contributed by atoms with Crippen LogP contribution in [-0.4, -0.2) is 83.4 Å². The Labute approximate surface area is 258 Å². The number of primary amides is 1. The number of hydrogen-bond acceptors (Lipinski definition) is 11. The van der Waals surface area contributed by atoms with Gasteiger partial charge in [-0.25, -0.2) is 0 Å². The van der Waals surface area contributed by atoms with Crippen molar-refractivity contribution in [1.29, 1.82) is 0 Å². The molecule has 202 valence electrons. The molecule has 16 heteroatoms. The molecule has 38 heavy (non-hydrogen) atoms. The molecule has 3 aliphatic rings. The van der Waals surface area contributed by atoms with Gasteiger partial charge < -0.3 is 45.9 Å². The second-order valence-corrected chi connectivity index (χ2v) is 10.4. The number of rotatable bonds is 2. The number of nitrogens with two attached hydrogens (primary N) is 1. The van der Waals surface area contributed by atoms with E-state index in [-0.39, 0.29) is 68.9 Å². The number of hydrogen-bond donors (Lipinski definition) is 8. The number of Topliss-reactive ketones (excluding diaryl/α,β-unsaturated/α-hetero) is 2. The Morgan fingerprint density at radius 3 is 2.16 bits per heavy atom. The summed E-state index contributed by atoms with van der Waals surface area (Å²) < 4.78 is 8.77. The van der Waals surface area contributed by atoms with Gasteiger partial charge in [-0.15, -0.1) is 0 Å². The molecule has 0 saturated heterocycles. The van der Waals surface area contributed by atoms with Gasteiger partial charge in [0.15, 0.2) is 11.4 Å². The number of benzene rings is 1. The molecular formula is C22H26KN2O12P. The number of carbonyl (C=O) groups excluding carboxylic acids is 3. The summed E-state index contributed by atoms with van der Waals surface area (Å²) in [7, 11) is -1.88. The van der Waals surface area contributed by atoms with Gasteiger partial charge in [-0.3, -0.25) is 23.8 Å². The number of aliphatic hydroxyl groups excluding tert-OH is 2. The second kappa shape index (κ2) is 10.8. The summed E-state index contributed by atoms with van der Waals surface area (Å²) >= 11 is 0. The van der Waals surface area contributed by atoms with E-state index in [0.717, 1.165) is 0 Å². The van der Waals surface area contributed by atoms with Gasteiger partial charge in [0.1, 0.15) is 22.8 Å². The van der Waals surface area contributed by atoms with Crippen LogP contribution in [0.5, 0.6) is 5.75 Å². The summed E-state index contributed by atoms with van der Waals surface area (Å²) in [6.45, 7) is 1.40. The molecule has 0 heterocycles. The Bertz CT molecular complexity index is 1310. The quantitative estimate of drug-likeness (QED) is 0.0927. The topological polar surface area (TPSA) is 262 Å². The minimum atomic E-state index is -4.89. The van der Waals surface area contributed by atoms with Crippen molar-refractivity contribution in [3.8, 4) is 5.75 Å². The third-order valence-electron chi connectivity index (χ3n) is 7.02. The third-order valence-corrected chi connectivity index (χ3v) is 7.02. The van der Waals surface area contributed by atoms with E-state index >= 15 is 0 Å². The van der Waals surface area contributed by atoms with Crippen LogP contribution in [0.1, 0.15) is 24.5 Å². The number of aliphatic hydroxyl groups is 4. The summed E-state index contributed by atoms with van der Waals surface area (Å²) in [6, 6.07) is 3.02. The van der Waals surface area contributed by atoms with Crippen LogP contribution in [0.25, 0.3) is 5.76 Å². The van der Waals surface area contributed by atoms with Crippen LogP contribution >= 0.6 is 7.82 Å². The van der Waals surface area contributed by atoms with Crippen LogP contribution in [0.3, 0.4) is 0 Å². The molecule has 5 atom stereocenters. The monoisotopic (exact) mass is 580 g/mol. The van der Waals surface area contributed by atoms with Gasteiger partial charge in [0.05, 0.1) is 17.2 Å². The number of ketones is 2. The Kier molecular flexibility index (Phi) is 9.34. The van der Waals surface area contributed by atoms with Gasteiger partial charge in [0, 0.05) is 17.4 Å². The zero-order valence-electron chi connectivity index (χ0n) is 20.8. The van der Waals surface area contributed by atoms with Crippen molar-refractivity contribution in [3.63, 3.8) is 0 Å². The van der Waals surface area contributed by atoms with Crippen molar-refractivity contribution < 1.29 is 111 Å². The van der Waals surface area contributed by atoms with Gasteiger partial charge in [-0.1, -0.05) is 12.1 Å². The normalized spacial score (nSPS) is 30.5. The van der Waals surface area contributed by atoms with Gasteiger partial charge in [-0.05, 0) is 39.1 Å². The summed E-state index contributed by atoms with van der Waals surface area (Å²) in [5.74, 6) is -7.90. The number of likely N-dealkylation sites (N-methyl/N-ethyl adjacent to an activating group) is 1. The van der Waals surface area contributed by atoms with E-state index in [2.05, 4.69) is 0 Å². The van der Waals surface area contributed by atoms with Crippen LogP contribution in [0.2, 0.25) is 0 Å². The molecule has 0 bridgehead atoms. The molecule has 1 aromatic carbocycles.